The van der Waals surface area contributed by atoms with Crippen molar-refractivity contribution in [3.8, 4) is 11.8 Å². The molecule has 23 heavy (non-hydrogen) atoms. The largest absolute Gasteiger partial charge is 0.497 e. The molecule has 0 aliphatic carbocycles. The molecule has 0 atom stereocenters. The molecule has 0 aliphatic rings. The third-order valence-corrected chi connectivity index (χ3v) is 3.80. The quantitative estimate of drug-likeness (QED) is 0.736. The molecule has 2 aromatic carbocycles. The second-order valence-electron chi connectivity index (χ2n) is 5.39. The lowest BCUT2D eigenvalue weighted by molar-refractivity contribution is 0.415. The minimum absolute atomic E-state index is 0.584. The van der Waals surface area contributed by atoms with Gasteiger partial charge in [0.05, 0.1) is 12.7 Å². The maximum Gasteiger partial charge on any atom is 0.146 e. The Labute approximate surface area is 135 Å². The molecule has 0 unspecified atom stereocenters. The summed E-state index contributed by atoms with van der Waals surface area (Å²) in [5, 5.41) is 11.5. The van der Waals surface area contributed by atoms with Gasteiger partial charge in [-0.15, -0.1) is 0 Å². The van der Waals surface area contributed by atoms with E-state index in [-0.39, 0.29) is 0 Å². The Morgan fingerprint density at radius 1 is 1.13 bits per heavy atom. The van der Waals surface area contributed by atoms with Crippen molar-refractivity contribution in [1.29, 1.82) is 5.26 Å². The lowest BCUT2D eigenvalue weighted by Gasteiger charge is -2.19. The maximum absolute atomic E-state index is 9.20. The molecular weight excluding hydrogens is 286 g/mol. The highest BCUT2D eigenvalue weighted by atomic mass is 16.5. The molecule has 1 aromatic heterocycles. The van der Waals surface area contributed by atoms with Crippen LogP contribution in [0, 0.1) is 11.3 Å². The van der Waals surface area contributed by atoms with Crippen molar-refractivity contribution in [1.82, 2.24) is 4.98 Å². The molecule has 3 rings (SSSR count). The van der Waals surface area contributed by atoms with Crippen LogP contribution in [0.5, 0.6) is 5.75 Å². The summed E-state index contributed by atoms with van der Waals surface area (Å²) in [7, 11) is 3.62. The lowest BCUT2D eigenvalue weighted by atomic mass is 10.1. The van der Waals surface area contributed by atoms with E-state index >= 15 is 0 Å². The summed E-state index contributed by atoms with van der Waals surface area (Å²) in [6, 6.07) is 18.1. The van der Waals surface area contributed by atoms with Crippen LogP contribution in [0.25, 0.3) is 10.8 Å². The van der Waals surface area contributed by atoms with Crippen molar-refractivity contribution < 1.29 is 4.74 Å². The molecule has 0 saturated carbocycles. The topological polar surface area (TPSA) is 49.1 Å². The average Bonchev–Trinajstić information content (AvgIpc) is 2.61. The molecule has 1 heterocycles. The zero-order valence-electron chi connectivity index (χ0n) is 13.2. The van der Waals surface area contributed by atoms with Crippen LogP contribution in [0.1, 0.15) is 11.1 Å². The van der Waals surface area contributed by atoms with E-state index in [0.717, 1.165) is 11.1 Å². The molecule has 114 valence electrons. The van der Waals surface area contributed by atoms with Gasteiger partial charge >= 0.3 is 0 Å². The number of aromatic nitrogens is 1. The molecule has 4 nitrogen and oxygen atoms in total. The molecule has 4 heteroatoms. The van der Waals surface area contributed by atoms with Gasteiger partial charge in [0.1, 0.15) is 17.6 Å². The summed E-state index contributed by atoms with van der Waals surface area (Å²) in [6.45, 7) is 0.688. The Morgan fingerprint density at radius 3 is 2.70 bits per heavy atom. The van der Waals surface area contributed by atoms with E-state index in [1.165, 1.54) is 10.9 Å². The number of methoxy groups -OCH3 is 1. The summed E-state index contributed by atoms with van der Waals surface area (Å²) in [6.07, 6.45) is 1.71. The van der Waals surface area contributed by atoms with Gasteiger partial charge in [-0.2, -0.15) is 5.26 Å². The molecule has 0 radical (unpaired) electrons. The molecule has 0 aliphatic heterocycles. The molecule has 3 aromatic rings. The Kier molecular flexibility index (Phi) is 4.11. The second kappa shape index (κ2) is 6.37. The van der Waals surface area contributed by atoms with Crippen LogP contribution in [-0.4, -0.2) is 19.1 Å². The van der Waals surface area contributed by atoms with Crippen LogP contribution in [0.3, 0.4) is 0 Å². The average molecular weight is 303 g/mol. The Morgan fingerprint density at radius 2 is 1.91 bits per heavy atom. The van der Waals surface area contributed by atoms with E-state index in [1.807, 2.05) is 24.1 Å². The van der Waals surface area contributed by atoms with Crippen molar-refractivity contribution >= 4 is 16.6 Å². The van der Waals surface area contributed by atoms with Gasteiger partial charge in [-0.05, 0) is 46.7 Å². The number of nitriles is 1. The van der Waals surface area contributed by atoms with Gasteiger partial charge in [0.25, 0.3) is 0 Å². The van der Waals surface area contributed by atoms with E-state index in [4.69, 9.17) is 4.74 Å². The van der Waals surface area contributed by atoms with Crippen LogP contribution < -0.4 is 9.64 Å². The number of hydrogen-bond donors (Lipinski definition) is 0. The summed E-state index contributed by atoms with van der Waals surface area (Å²) in [5.41, 5.74) is 1.75. The minimum atomic E-state index is 0.584. The minimum Gasteiger partial charge on any atom is -0.497 e. The predicted octanol–water partition coefficient (Wildman–Crippen LogP) is 3.75. The fraction of sp³-hybridized carbons (Fsp3) is 0.158. The van der Waals surface area contributed by atoms with Crippen LogP contribution in [0.2, 0.25) is 0 Å². The molecule has 0 fully saturated rings. The highest BCUT2D eigenvalue weighted by Gasteiger charge is 2.09. The lowest BCUT2D eigenvalue weighted by Crippen LogP contribution is -2.18. The smallest absolute Gasteiger partial charge is 0.146 e. The van der Waals surface area contributed by atoms with Crippen LogP contribution in [-0.2, 0) is 6.54 Å². The van der Waals surface area contributed by atoms with Crippen molar-refractivity contribution in [3.63, 3.8) is 0 Å². The van der Waals surface area contributed by atoms with E-state index in [2.05, 4.69) is 35.3 Å². The van der Waals surface area contributed by atoms with E-state index in [0.29, 0.717) is 17.9 Å². The van der Waals surface area contributed by atoms with Crippen molar-refractivity contribution in [2.75, 3.05) is 19.1 Å². The van der Waals surface area contributed by atoms with Gasteiger partial charge in [0.15, 0.2) is 0 Å². The van der Waals surface area contributed by atoms with Gasteiger partial charge in [0.2, 0.25) is 0 Å². The number of nitrogens with zero attached hydrogens (tertiary/aromatic N) is 3. The van der Waals surface area contributed by atoms with Gasteiger partial charge in [-0.3, -0.25) is 0 Å². The molecule has 0 N–H and O–H groups in total. The summed E-state index contributed by atoms with van der Waals surface area (Å²) >= 11 is 0. The maximum atomic E-state index is 9.20. The van der Waals surface area contributed by atoms with Crippen LogP contribution in [0.15, 0.2) is 54.7 Å². The third-order valence-electron chi connectivity index (χ3n) is 3.80. The first-order valence-corrected chi connectivity index (χ1v) is 7.34. The molecule has 0 saturated heterocycles. The Hall–Kier alpha value is -3.06. The number of rotatable bonds is 4. The van der Waals surface area contributed by atoms with Crippen molar-refractivity contribution in [2.24, 2.45) is 0 Å². The fourth-order valence-corrected chi connectivity index (χ4v) is 2.64. The number of ether oxygens (including phenoxy) is 1. The first kappa shape index (κ1) is 14.9. The number of anilines is 1. The first-order valence-electron chi connectivity index (χ1n) is 7.34. The second-order valence-corrected chi connectivity index (χ2v) is 5.39. The van der Waals surface area contributed by atoms with Gasteiger partial charge in [-0.25, -0.2) is 4.98 Å². The summed E-state index contributed by atoms with van der Waals surface area (Å²) in [4.78, 5) is 6.31. The molecule has 0 bridgehead atoms. The molecule has 0 spiro atoms. The van der Waals surface area contributed by atoms with Crippen molar-refractivity contribution in [3.05, 3.63) is 65.9 Å². The van der Waals surface area contributed by atoms with Crippen LogP contribution >= 0.6 is 0 Å². The van der Waals surface area contributed by atoms with E-state index in [1.54, 1.807) is 25.4 Å². The highest BCUT2D eigenvalue weighted by molar-refractivity contribution is 5.84. The Bertz CT molecular complexity index is 883. The molecular formula is C19H17N3O. The number of hydrogen-bond acceptors (Lipinski definition) is 4. The SMILES string of the molecule is COc1ccc2cc(CN(C)c3ncccc3C#N)ccc2c1. The summed E-state index contributed by atoms with van der Waals surface area (Å²) < 4.78 is 5.25. The summed E-state index contributed by atoms with van der Waals surface area (Å²) in [5.74, 6) is 1.55. The standard InChI is InChI=1S/C19H17N3O/c1-22(19-17(12-20)4-3-9-21-19)13-14-5-6-16-11-18(23-2)8-7-15(16)10-14/h3-11H,13H2,1-2H3. The highest BCUT2D eigenvalue weighted by Crippen LogP contribution is 2.23. The van der Waals surface area contributed by atoms with E-state index < -0.39 is 0 Å². The monoisotopic (exact) mass is 303 g/mol. The zero-order chi connectivity index (χ0) is 16.2. The van der Waals surface area contributed by atoms with E-state index in [9.17, 15) is 5.26 Å². The zero-order valence-corrected chi connectivity index (χ0v) is 13.2. The van der Waals surface area contributed by atoms with Crippen LogP contribution in [0.4, 0.5) is 5.82 Å². The van der Waals surface area contributed by atoms with Gasteiger partial charge < -0.3 is 9.64 Å². The van der Waals surface area contributed by atoms with Crippen molar-refractivity contribution in [2.45, 2.75) is 6.54 Å². The number of fused-ring (bicyclic) bond motifs is 1. The fourth-order valence-electron chi connectivity index (χ4n) is 2.64. The third kappa shape index (κ3) is 3.09. The number of pyridine rings is 1. The Balaban J connectivity index is 1.88. The van der Waals surface area contributed by atoms with Gasteiger partial charge in [-0.1, -0.05) is 18.2 Å². The normalized spacial score (nSPS) is 10.3. The number of benzene rings is 2. The first-order chi connectivity index (χ1) is 11.2. The molecule has 0 amide bonds. The van der Waals surface area contributed by atoms with Gasteiger partial charge in [0, 0.05) is 19.8 Å². The predicted molar refractivity (Wildman–Crippen MR) is 91.6 cm³/mol.